The van der Waals surface area contributed by atoms with Crippen molar-refractivity contribution in [1.29, 1.82) is 0 Å². The summed E-state index contributed by atoms with van der Waals surface area (Å²) in [5.74, 6) is 0.430. The van der Waals surface area contributed by atoms with Crippen LogP contribution in [0.25, 0.3) is 0 Å². The minimum absolute atomic E-state index is 0.102. The molecule has 0 bridgehead atoms. The van der Waals surface area contributed by atoms with Crippen LogP contribution in [-0.4, -0.2) is 18.4 Å². The second kappa shape index (κ2) is 18.0. The minimum Gasteiger partial charge on any atom is -0.307 e. The lowest BCUT2D eigenvalue weighted by Crippen LogP contribution is -2.36. The van der Waals surface area contributed by atoms with Gasteiger partial charge in [0.25, 0.3) is 0 Å². The molecule has 0 amide bonds. The van der Waals surface area contributed by atoms with Crippen LogP contribution in [0.4, 0.5) is 0 Å². The maximum absolute atomic E-state index is 12.2. The van der Waals surface area contributed by atoms with Crippen molar-refractivity contribution in [2.45, 2.75) is 123 Å². The quantitative estimate of drug-likeness (QED) is 0.294. The Morgan fingerprint density at radius 3 is 1.65 bits per heavy atom. The van der Waals surface area contributed by atoms with Gasteiger partial charge in [0.2, 0.25) is 0 Å². The van der Waals surface area contributed by atoms with Crippen LogP contribution in [-0.2, 0) is 4.79 Å². The number of carbonyl (C=O) groups excluding carboxylic acids is 1. The van der Waals surface area contributed by atoms with Crippen molar-refractivity contribution in [2.24, 2.45) is 0 Å². The number of Topliss-reactive ketones (excluding diaryl/α,β-unsaturated/α-hetero) is 1. The summed E-state index contributed by atoms with van der Waals surface area (Å²) in [4.78, 5) is 12.2. The lowest BCUT2D eigenvalue weighted by molar-refractivity contribution is -0.121. The van der Waals surface area contributed by atoms with Gasteiger partial charge in [0.1, 0.15) is 5.78 Å². The van der Waals surface area contributed by atoms with Crippen molar-refractivity contribution >= 4 is 5.78 Å². The smallest absolute Gasteiger partial charge is 0.149 e. The maximum Gasteiger partial charge on any atom is 0.149 e. The number of hydrogen-bond donors (Lipinski definition) is 1. The molecule has 1 unspecified atom stereocenters. The average molecular weight is 326 g/mol. The highest BCUT2D eigenvalue weighted by Crippen LogP contribution is 2.12. The van der Waals surface area contributed by atoms with Gasteiger partial charge in [0, 0.05) is 6.42 Å². The fourth-order valence-electron chi connectivity index (χ4n) is 3.08. The lowest BCUT2D eigenvalue weighted by Gasteiger charge is -2.15. The maximum atomic E-state index is 12.2. The molecule has 0 aromatic heterocycles. The highest BCUT2D eigenvalue weighted by atomic mass is 16.1. The van der Waals surface area contributed by atoms with Crippen molar-refractivity contribution < 1.29 is 4.79 Å². The standard InChI is InChI=1S/C21H43NO/c1-4-7-9-10-11-12-13-14-15-16-17-18-21(23)20(6-3)22-19-8-5-2/h20,22H,4-19H2,1-3H3. The third kappa shape index (κ3) is 14.9. The summed E-state index contributed by atoms with van der Waals surface area (Å²) in [7, 11) is 0. The molecule has 1 atom stereocenters. The van der Waals surface area contributed by atoms with Gasteiger partial charge < -0.3 is 5.32 Å². The summed E-state index contributed by atoms with van der Waals surface area (Å²) in [5, 5.41) is 3.41. The number of carbonyl (C=O) groups is 1. The number of ketones is 1. The van der Waals surface area contributed by atoms with E-state index in [2.05, 4.69) is 26.1 Å². The molecule has 0 saturated carbocycles. The van der Waals surface area contributed by atoms with Crippen LogP contribution in [0.5, 0.6) is 0 Å². The molecule has 0 aliphatic carbocycles. The van der Waals surface area contributed by atoms with Crippen LogP contribution >= 0.6 is 0 Å². The van der Waals surface area contributed by atoms with E-state index in [1.807, 2.05) is 0 Å². The molecule has 2 nitrogen and oxygen atoms in total. The first-order valence-corrected chi connectivity index (χ1v) is 10.5. The van der Waals surface area contributed by atoms with Gasteiger partial charge in [-0.15, -0.1) is 0 Å². The molecule has 0 saturated heterocycles. The molecular formula is C21H43NO. The largest absolute Gasteiger partial charge is 0.307 e. The van der Waals surface area contributed by atoms with Crippen molar-refractivity contribution in [1.82, 2.24) is 5.32 Å². The molecule has 1 N–H and O–H groups in total. The zero-order valence-corrected chi connectivity index (χ0v) is 16.3. The summed E-state index contributed by atoms with van der Waals surface area (Å²) in [6.07, 6.45) is 18.8. The minimum atomic E-state index is 0.102. The Morgan fingerprint density at radius 1 is 0.696 bits per heavy atom. The first-order chi connectivity index (χ1) is 11.3. The Kier molecular flexibility index (Phi) is 17.7. The van der Waals surface area contributed by atoms with E-state index in [0.717, 1.165) is 25.8 Å². The van der Waals surface area contributed by atoms with Crippen LogP contribution in [0.15, 0.2) is 0 Å². The second-order valence-electron chi connectivity index (χ2n) is 7.02. The first kappa shape index (κ1) is 22.6. The Bertz CT molecular complexity index is 252. The monoisotopic (exact) mass is 325 g/mol. The Balaban J connectivity index is 3.40. The molecule has 0 spiro atoms. The van der Waals surface area contributed by atoms with Crippen molar-refractivity contribution in [2.75, 3.05) is 6.54 Å². The van der Waals surface area contributed by atoms with E-state index in [1.165, 1.54) is 77.0 Å². The van der Waals surface area contributed by atoms with Crippen LogP contribution in [0.3, 0.4) is 0 Å². The van der Waals surface area contributed by atoms with Crippen molar-refractivity contribution in [3.8, 4) is 0 Å². The van der Waals surface area contributed by atoms with E-state index in [1.54, 1.807) is 0 Å². The van der Waals surface area contributed by atoms with E-state index < -0.39 is 0 Å². The molecule has 23 heavy (non-hydrogen) atoms. The van der Waals surface area contributed by atoms with Gasteiger partial charge in [-0.25, -0.2) is 0 Å². The van der Waals surface area contributed by atoms with E-state index in [9.17, 15) is 4.79 Å². The van der Waals surface area contributed by atoms with Gasteiger partial charge in [0.05, 0.1) is 6.04 Å². The van der Waals surface area contributed by atoms with Crippen molar-refractivity contribution in [3.05, 3.63) is 0 Å². The zero-order valence-electron chi connectivity index (χ0n) is 16.3. The van der Waals surface area contributed by atoms with Gasteiger partial charge in [-0.3, -0.25) is 4.79 Å². The summed E-state index contributed by atoms with van der Waals surface area (Å²) in [5.41, 5.74) is 0. The molecule has 138 valence electrons. The van der Waals surface area contributed by atoms with Gasteiger partial charge in [-0.2, -0.15) is 0 Å². The van der Waals surface area contributed by atoms with E-state index >= 15 is 0 Å². The number of rotatable bonds is 18. The number of unbranched alkanes of at least 4 members (excludes halogenated alkanes) is 11. The molecule has 0 heterocycles. The van der Waals surface area contributed by atoms with Gasteiger partial charge >= 0.3 is 0 Å². The summed E-state index contributed by atoms with van der Waals surface area (Å²) in [6, 6.07) is 0.102. The highest BCUT2D eigenvalue weighted by molar-refractivity contribution is 5.83. The molecule has 2 heteroatoms. The molecule has 0 aliphatic rings. The fraction of sp³-hybridized carbons (Fsp3) is 0.952. The second-order valence-corrected chi connectivity index (χ2v) is 7.02. The van der Waals surface area contributed by atoms with Crippen LogP contribution in [0.2, 0.25) is 0 Å². The third-order valence-electron chi connectivity index (χ3n) is 4.74. The average Bonchev–Trinajstić information content (AvgIpc) is 2.56. The third-order valence-corrected chi connectivity index (χ3v) is 4.74. The van der Waals surface area contributed by atoms with E-state index in [4.69, 9.17) is 0 Å². The SMILES string of the molecule is CCCCCCCCCCCCCC(=O)C(CC)NCCCC. The van der Waals surface area contributed by atoms with Gasteiger partial charge in [-0.05, 0) is 25.8 Å². The predicted molar refractivity (Wildman–Crippen MR) is 103 cm³/mol. The zero-order chi connectivity index (χ0) is 17.2. The highest BCUT2D eigenvalue weighted by Gasteiger charge is 2.14. The predicted octanol–water partition coefficient (Wildman–Crippen LogP) is 6.42. The Morgan fingerprint density at radius 2 is 1.17 bits per heavy atom. The van der Waals surface area contributed by atoms with E-state index in [0.29, 0.717) is 5.78 Å². The van der Waals surface area contributed by atoms with Crippen LogP contribution < -0.4 is 5.32 Å². The Hall–Kier alpha value is -0.370. The number of hydrogen-bond acceptors (Lipinski definition) is 2. The molecule has 0 rings (SSSR count). The van der Waals surface area contributed by atoms with Gasteiger partial charge in [-0.1, -0.05) is 91.4 Å². The molecule has 0 fully saturated rings. The summed E-state index contributed by atoms with van der Waals surface area (Å²) in [6.45, 7) is 7.56. The molecular weight excluding hydrogens is 282 g/mol. The topological polar surface area (TPSA) is 29.1 Å². The normalized spacial score (nSPS) is 12.5. The Labute approximate surface area is 146 Å². The van der Waals surface area contributed by atoms with E-state index in [-0.39, 0.29) is 6.04 Å². The summed E-state index contributed by atoms with van der Waals surface area (Å²) < 4.78 is 0. The lowest BCUT2D eigenvalue weighted by atomic mass is 10.0. The molecule has 0 aliphatic heterocycles. The summed E-state index contributed by atoms with van der Waals surface area (Å²) >= 11 is 0. The molecule has 0 aromatic carbocycles. The van der Waals surface area contributed by atoms with Crippen LogP contribution in [0, 0.1) is 0 Å². The number of nitrogens with one attached hydrogen (secondary N) is 1. The fourth-order valence-corrected chi connectivity index (χ4v) is 3.08. The van der Waals surface area contributed by atoms with Crippen LogP contribution in [0.1, 0.15) is 117 Å². The van der Waals surface area contributed by atoms with Gasteiger partial charge in [0.15, 0.2) is 0 Å². The molecule has 0 aromatic rings. The first-order valence-electron chi connectivity index (χ1n) is 10.5. The van der Waals surface area contributed by atoms with Crippen molar-refractivity contribution in [3.63, 3.8) is 0 Å². The molecule has 0 radical (unpaired) electrons.